The number of hydrogen-bond acceptors (Lipinski definition) is 7. The smallest absolute Gasteiger partial charge is 0.131 e. The Morgan fingerprint density at radius 2 is 0.978 bits per heavy atom. The van der Waals surface area contributed by atoms with Crippen LogP contribution in [-0.2, 0) is 12.8 Å². The Hall–Kier alpha value is -4.43. The number of thioether (sulfide) groups is 1. The van der Waals surface area contributed by atoms with E-state index < -0.39 is 12.2 Å². The van der Waals surface area contributed by atoms with Crippen LogP contribution in [0.15, 0.2) is 131 Å². The van der Waals surface area contributed by atoms with Gasteiger partial charge in [-0.1, -0.05) is 96.7 Å². The lowest BCUT2D eigenvalue weighted by Crippen LogP contribution is -2.26. The predicted molar refractivity (Wildman–Crippen MR) is 179 cm³/mol. The topological polar surface area (TPSA) is 77.4 Å². The van der Waals surface area contributed by atoms with Gasteiger partial charge in [-0.3, -0.25) is 0 Å². The molecule has 0 bridgehead atoms. The van der Waals surface area contributed by atoms with Gasteiger partial charge in [0.2, 0.25) is 0 Å². The maximum absolute atomic E-state index is 10.8. The fraction of sp³-hybridized carbons (Fsp3) is 0.211. The highest BCUT2D eigenvalue weighted by Gasteiger charge is 2.26. The van der Waals surface area contributed by atoms with Crippen molar-refractivity contribution in [3.63, 3.8) is 0 Å². The number of aliphatic hydroxyl groups is 2. The van der Waals surface area contributed by atoms with Gasteiger partial charge in [-0.15, -0.1) is 0 Å². The Labute approximate surface area is 267 Å². The molecule has 0 fully saturated rings. The summed E-state index contributed by atoms with van der Waals surface area (Å²) < 4.78 is 24.4. The number of rotatable bonds is 14. The van der Waals surface area contributed by atoms with Gasteiger partial charge in [0.1, 0.15) is 61.6 Å². The van der Waals surface area contributed by atoms with Gasteiger partial charge in [0.25, 0.3) is 0 Å². The number of para-hydroxylation sites is 2. The molecule has 0 aromatic heterocycles. The van der Waals surface area contributed by atoms with Crippen molar-refractivity contribution >= 4 is 22.5 Å². The average molecular weight is 621 g/mol. The fourth-order valence-electron chi connectivity index (χ4n) is 5.26. The van der Waals surface area contributed by atoms with E-state index in [1.165, 1.54) is 9.80 Å². The van der Waals surface area contributed by atoms with E-state index in [1.807, 2.05) is 103 Å². The lowest BCUT2D eigenvalue weighted by Gasteiger charge is -2.26. The van der Waals surface area contributed by atoms with E-state index >= 15 is 0 Å². The molecule has 6 nitrogen and oxygen atoms in total. The summed E-state index contributed by atoms with van der Waals surface area (Å²) >= 11 is 1.74. The third-order valence-electron chi connectivity index (χ3n) is 7.42. The molecule has 6 rings (SSSR count). The number of benzene rings is 5. The van der Waals surface area contributed by atoms with E-state index in [-0.39, 0.29) is 26.4 Å². The molecule has 2 unspecified atom stereocenters. The first-order valence-electron chi connectivity index (χ1n) is 15.1. The predicted octanol–water partition coefficient (Wildman–Crippen LogP) is 7.25. The third kappa shape index (κ3) is 8.00. The largest absolute Gasteiger partial charge is 0.491 e. The summed E-state index contributed by atoms with van der Waals surface area (Å²) in [5.41, 5.74) is 2.04. The molecule has 0 saturated heterocycles. The molecule has 2 atom stereocenters. The minimum absolute atomic E-state index is 0.0733. The Balaban J connectivity index is 1.25. The molecule has 5 aromatic carbocycles. The van der Waals surface area contributed by atoms with Crippen molar-refractivity contribution in [3.8, 4) is 23.0 Å². The Bertz CT molecular complexity index is 1710. The second-order valence-electron chi connectivity index (χ2n) is 10.8. The number of hydrogen-bond donors (Lipinski definition) is 2. The molecule has 1 aliphatic rings. The Kier molecular flexibility index (Phi) is 10.2. The molecule has 0 radical (unpaired) electrons. The van der Waals surface area contributed by atoms with Crippen molar-refractivity contribution in [3.05, 3.63) is 137 Å². The van der Waals surface area contributed by atoms with Crippen molar-refractivity contribution in [2.75, 3.05) is 26.4 Å². The van der Waals surface area contributed by atoms with Crippen molar-refractivity contribution in [1.29, 1.82) is 0 Å². The van der Waals surface area contributed by atoms with Crippen LogP contribution in [0.3, 0.4) is 0 Å². The van der Waals surface area contributed by atoms with Crippen molar-refractivity contribution in [2.24, 2.45) is 0 Å². The maximum Gasteiger partial charge on any atom is 0.131 e. The fourth-order valence-corrected chi connectivity index (χ4v) is 6.24. The average Bonchev–Trinajstić information content (AvgIpc) is 3.09. The quantitative estimate of drug-likeness (QED) is 0.135. The number of ether oxygens (including phenoxy) is 4. The van der Waals surface area contributed by atoms with Crippen molar-refractivity contribution in [2.45, 2.75) is 29.9 Å². The van der Waals surface area contributed by atoms with Crippen LogP contribution in [0.5, 0.6) is 23.0 Å². The SMILES string of the molecule is OC(COc1ccccc1)COc1c2c(c(OCC(O)COc3ccccc3)c3ccccc13)CC(Sc1ccccc1)=CC2. The van der Waals surface area contributed by atoms with E-state index in [0.29, 0.717) is 24.3 Å². The highest BCUT2D eigenvalue weighted by atomic mass is 32.2. The zero-order valence-electron chi connectivity index (χ0n) is 24.9. The molecule has 0 saturated carbocycles. The van der Waals surface area contributed by atoms with Crippen LogP contribution in [0.25, 0.3) is 10.8 Å². The molecule has 7 heteroatoms. The first-order chi connectivity index (χ1) is 22.1. The lowest BCUT2D eigenvalue weighted by atomic mass is 9.90. The summed E-state index contributed by atoms with van der Waals surface area (Å²) in [7, 11) is 0. The number of allylic oxidation sites excluding steroid dienone is 2. The van der Waals surface area contributed by atoms with Crippen LogP contribution in [0.4, 0.5) is 0 Å². The van der Waals surface area contributed by atoms with Crippen LogP contribution < -0.4 is 18.9 Å². The van der Waals surface area contributed by atoms with Gasteiger partial charge >= 0.3 is 0 Å². The first-order valence-corrected chi connectivity index (χ1v) is 15.9. The van der Waals surface area contributed by atoms with Crippen molar-refractivity contribution < 1.29 is 29.2 Å². The minimum atomic E-state index is -0.826. The summed E-state index contributed by atoms with van der Waals surface area (Å²) in [4.78, 5) is 2.38. The summed E-state index contributed by atoms with van der Waals surface area (Å²) in [5.74, 6) is 2.87. The van der Waals surface area contributed by atoms with E-state index in [4.69, 9.17) is 18.9 Å². The Morgan fingerprint density at radius 1 is 0.533 bits per heavy atom. The number of fused-ring (bicyclic) bond motifs is 2. The first kappa shape index (κ1) is 30.6. The van der Waals surface area contributed by atoms with Crippen LogP contribution in [0.2, 0.25) is 0 Å². The molecule has 2 N–H and O–H groups in total. The molecule has 45 heavy (non-hydrogen) atoms. The standard InChI is InChI=1S/C38H36O6S/c39-27(23-41-29-12-4-1-5-13-29)25-43-37-33-18-10-11-19-34(33)38(44-26-28(40)24-42-30-14-6-2-7-15-30)36-22-32(20-21-35(36)37)45-31-16-8-3-9-17-31/h1-20,27-28,39-40H,21-26H2. The van der Waals surface area contributed by atoms with Gasteiger partial charge in [-0.25, -0.2) is 0 Å². The van der Waals surface area contributed by atoms with Crippen molar-refractivity contribution in [1.82, 2.24) is 0 Å². The van der Waals surface area contributed by atoms with Crippen LogP contribution in [-0.4, -0.2) is 48.8 Å². The third-order valence-corrected chi connectivity index (χ3v) is 8.50. The summed E-state index contributed by atoms with van der Waals surface area (Å²) in [6.07, 6.45) is 1.90. The molecule has 0 heterocycles. The summed E-state index contributed by atoms with van der Waals surface area (Å²) in [5, 5.41) is 23.3. The van der Waals surface area contributed by atoms with Gasteiger partial charge < -0.3 is 29.2 Å². The zero-order chi connectivity index (χ0) is 30.8. The van der Waals surface area contributed by atoms with Crippen LogP contribution in [0.1, 0.15) is 11.1 Å². The molecule has 230 valence electrons. The molecule has 0 spiro atoms. The van der Waals surface area contributed by atoms with Gasteiger partial charge in [0.15, 0.2) is 0 Å². The second kappa shape index (κ2) is 15.0. The van der Waals surface area contributed by atoms with Gasteiger partial charge in [0.05, 0.1) is 0 Å². The van der Waals surface area contributed by atoms with Crippen LogP contribution >= 0.6 is 11.8 Å². The maximum atomic E-state index is 10.8. The zero-order valence-corrected chi connectivity index (χ0v) is 25.7. The van der Waals surface area contributed by atoms with Gasteiger partial charge in [-0.2, -0.15) is 0 Å². The normalized spacial score (nSPS) is 13.8. The van der Waals surface area contributed by atoms with E-state index in [0.717, 1.165) is 33.4 Å². The monoisotopic (exact) mass is 620 g/mol. The summed E-state index contributed by atoms with van der Waals surface area (Å²) in [6.45, 7) is 0.382. The molecular weight excluding hydrogens is 584 g/mol. The highest BCUT2D eigenvalue weighted by Crippen LogP contribution is 2.46. The molecular formula is C38H36O6S. The molecule has 0 amide bonds. The van der Waals surface area contributed by atoms with Gasteiger partial charge in [0, 0.05) is 33.2 Å². The summed E-state index contributed by atoms with van der Waals surface area (Å²) in [6, 6.07) is 37.2. The van der Waals surface area contributed by atoms with Gasteiger partial charge in [-0.05, 0) is 47.7 Å². The molecule has 1 aliphatic carbocycles. The lowest BCUT2D eigenvalue weighted by molar-refractivity contribution is 0.0616. The second-order valence-corrected chi connectivity index (χ2v) is 12.0. The highest BCUT2D eigenvalue weighted by molar-refractivity contribution is 8.03. The minimum Gasteiger partial charge on any atom is -0.491 e. The van der Waals surface area contributed by atoms with Crippen LogP contribution in [0, 0.1) is 0 Å². The van der Waals surface area contributed by atoms with E-state index in [2.05, 4.69) is 18.2 Å². The Morgan fingerprint density at radius 3 is 1.51 bits per heavy atom. The van der Waals surface area contributed by atoms with E-state index in [1.54, 1.807) is 11.8 Å². The van der Waals surface area contributed by atoms with E-state index in [9.17, 15) is 10.2 Å². The molecule has 0 aliphatic heterocycles. The number of aliphatic hydroxyl groups excluding tert-OH is 2. The molecule has 5 aromatic rings.